The lowest BCUT2D eigenvalue weighted by atomic mass is 9.67. The van der Waals surface area contributed by atoms with Gasteiger partial charge in [-0.15, -0.1) is 5.54 Å². The van der Waals surface area contributed by atoms with Gasteiger partial charge in [0.15, 0.2) is 0 Å². The molecule has 21 heavy (non-hydrogen) atoms. The molecule has 0 N–H and O–H groups in total. The summed E-state index contributed by atoms with van der Waals surface area (Å²) in [7, 11) is -1.21. The van der Waals surface area contributed by atoms with E-state index in [1.165, 1.54) is 11.0 Å². The molecule has 0 aliphatic carbocycles. The Labute approximate surface area is 133 Å². The normalized spacial score (nSPS) is 18.5. The zero-order valence-corrected chi connectivity index (χ0v) is 16.2. The highest BCUT2D eigenvalue weighted by Gasteiger charge is 2.38. The van der Waals surface area contributed by atoms with E-state index in [4.69, 9.17) is 4.65 Å². The van der Waals surface area contributed by atoms with Crippen LogP contribution in [-0.2, 0) is 4.65 Å². The van der Waals surface area contributed by atoms with Gasteiger partial charge < -0.3 is 9.47 Å². The van der Waals surface area contributed by atoms with Gasteiger partial charge in [0, 0.05) is 6.61 Å². The molecule has 1 saturated heterocycles. The van der Waals surface area contributed by atoms with Gasteiger partial charge in [-0.2, -0.15) is 0 Å². The summed E-state index contributed by atoms with van der Waals surface area (Å²) >= 11 is 0. The van der Waals surface area contributed by atoms with E-state index >= 15 is 0 Å². The Kier molecular flexibility index (Phi) is 6.78. The molecular weight excluding hydrogens is 273 g/mol. The molecule has 0 spiro atoms. The third-order valence-corrected chi connectivity index (χ3v) is 4.61. The molecule has 0 amide bonds. The van der Waals surface area contributed by atoms with Crippen molar-refractivity contribution in [1.82, 2.24) is 4.81 Å². The van der Waals surface area contributed by atoms with Crippen LogP contribution in [-0.4, -0.2) is 38.6 Å². The number of hydrogen-bond donors (Lipinski definition) is 0. The highest BCUT2D eigenvalue weighted by Crippen LogP contribution is 2.27. The van der Waals surface area contributed by atoms with Gasteiger partial charge in [0.25, 0.3) is 0 Å². The quantitative estimate of drug-likeness (QED) is 0.572. The van der Waals surface area contributed by atoms with E-state index in [9.17, 15) is 0 Å². The smallest absolute Gasteiger partial charge is 0.415 e. The third-order valence-electron chi connectivity index (χ3n) is 3.74. The molecule has 0 aromatic heterocycles. The molecule has 0 saturated carbocycles. The maximum absolute atomic E-state index is 6.08. The van der Waals surface area contributed by atoms with Crippen molar-refractivity contribution in [2.45, 2.75) is 79.2 Å². The van der Waals surface area contributed by atoms with Crippen molar-refractivity contribution in [2.24, 2.45) is 0 Å². The molecule has 1 aliphatic heterocycles. The molecule has 0 atom stereocenters. The summed E-state index contributed by atoms with van der Waals surface area (Å²) in [4.78, 5) is 2.47. The fourth-order valence-corrected chi connectivity index (χ4v) is 3.39. The summed E-state index contributed by atoms with van der Waals surface area (Å²) in [5.74, 6) is 3.50. The minimum Gasteiger partial charge on any atom is -0.417 e. The summed E-state index contributed by atoms with van der Waals surface area (Å²) in [6, 6.07) is 0.956. The Balaban J connectivity index is 3.16. The van der Waals surface area contributed by atoms with Gasteiger partial charge in [-0.1, -0.05) is 60.2 Å². The molecule has 1 fully saturated rings. The van der Waals surface area contributed by atoms with Crippen LogP contribution in [0.4, 0.5) is 0 Å². The lowest BCUT2D eigenvalue weighted by Crippen LogP contribution is -2.49. The van der Waals surface area contributed by atoms with Crippen molar-refractivity contribution in [2.75, 3.05) is 6.61 Å². The van der Waals surface area contributed by atoms with Gasteiger partial charge in [0.1, 0.15) is 8.07 Å². The molecule has 2 nitrogen and oxygen atoms in total. The van der Waals surface area contributed by atoms with Crippen molar-refractivity contribution >= 4 is 15.1 Å². The average molecular weight is 305 g/mol. The molecule has 0 aromatic rings. The number of rotatable bonds is 4. The van der Waals surface area contributed by atoms with E-state index in [1.54, 1.807) is 0 Å². The van der Waals surface area contributed by atoms with Gasteiger partial charge >= 0.3 is 7.05 Å². The SMILES string of the molecule is CC/C(C#C[Si](C)(C)C)=C1/CCOB1N(C(C)C)C(C)C. The van der Waals surface area contributed by atoms with Crippen LogP contribution in [0.25, 0.3) is 0 Å². The van der Waals surface area contributed by atoms with Gasteiger partial charge in [-0.05, 0) is 36.0 Å². The third kappa shape index (κ3) is 5.32. The van der Waals surface area contributed by atoms with Crippen LogP contribution < -0.4 is 0 Å². The Morgan fingerprint density at radius 1 is 1.24 bits per heavy atom. The zero-order chi connectivity index (χ0) is 16.2. The topological polar surface area (TPSA) is 12.5 Å². The van der Waals surface area contributed by atoms with Crippen LogP contribution in [0.3, 0.4) is 0 Å². The first-order valence-corrected chi connectivity index (χ1v) is 11.8. The monoisotopic (exact) mass is 305 g/mol. The van der Waals surface area contributed by atoms with Crippen LogP contribution in [0.2, 0.25) is 19.6 Å². The Hall–Kier alpha value is -0.498. The summed E-state index contributed by atoms with van der Waals surface area (Å²) in [5, 5.41) is 0. The van der Waals surface area contributed by atoms with E-state index in [0.29, 0.717) is 12.1 Å². The predicted molar refractivity (Wildman–Crippen MR) is 96.9 cm³/mol. The molecular formula is C17H32BNOSi. The molecule has 118 valence electrons. The molecule has 0 aromatic carbocycles. The number of nitrogens with zero attached hydrogens (tertiary/aromatic N) is 1. The summed E-state index contributed by atoms with van der Waals surface area (Å²) in [6.45, 7) is 18.9. The second-order valence-electron chi connectivity index (χ2n) is 7.47. The van der Waals surface area contributed by atoms with Gasteiger partial charge in [0.2, 0.25) is 0 Å². The van der Waals surface area contributed by atoms with Crippen LogP contribution in [0.1, 0.15) is 47.5 Å². The largest absolute Gasteiger partial charge is 0.417 e. The fraction of sp³-hybridized carbons (Fsp3) is 0.765. The maximum Gasteiger partial charge on any atom is 0.415 e. The van der Waals surface area contributed by atoms with Crippen molar-refractivity contribution in [3.8, 4) is 11.5 Å². The molecule has 0 radical (unpaired) electrons. The second-order valence-corrected chi connectivity index (χ2v) is 12.2. The van der Waals surface area contributed by atoms with Gasteiger partial charge in [-0.3, -0.25) is 0 Å². The lowest BCUT2D eigenvalue weighted by Gasteiger charge is -2.34. The minimum absolute atomic E-state index is 0.121. The highest BCUT2D eigenvalue weighted by molar-refractivity contribution is 6.83. The fourth-order valence-electron chi connectivity index (χ4n) is 2.87. The molecule has 0 unspecified atom stereocenters. The molecule has 1 aliphatic rings. The Morgan fingerprint density at radius 3 is 2.24 bits per heavy atom. The maximum atomic E-state index is 6.08. The number of hydrogen-bond acceptors (Lipinski definition) is 2. The molecule has 1 heterocycles. The van der Waals surface area contributed by atoms with Crippen molar-refractivity contribution in [3.05, 3.63) is 11.0 Å². The van der Waals surface area contributed by atoms with E-state index < -0.39 is 8.07 Å². The van der Waals surface area contributed by atoms with Crippen LogP contribution in [0.15, 0.2) is 11.0 Å². The summed E-state index contributed by atoms with van der Waals surface area (Å²) < 4.78 is 6.08. The average Bonchev–Trinajstić information content (AvgIpc) is 2.76. The van der Waals surface area contributed by atoms with Crippen LogP contribution >= 0.6 is 0 Å². The van der Waals surface area contributed by atoms with Crippen LogP contribution in [0.5, 0.6) is 0 Å². The van der Waals surface area contributed by atoms with E-state index in [-0.39, 0.29) is 7.05 Å². The van der Waals surface area contributed by atoms with Gasteiger partial charge in [-0.25, -0.2) is 0 Å². The molecule has 4 heteroatoms. The van der Waals surface area contributed by atoms with E-state index in [1.807, 2.05) is 0 Å². The minimum atomic E-state index is -1.33. The first-order chi connectivity index (χ1) is 9.67. The summed E-state index contributed by atoms with van der Waals surface area (Å²) in [6.07, 6.45) is 2.04. The zero-order valence-electron chi connectivity index (χ0n) is 15.2. The number of allylic oxidation sites excluding steroid dienone is 1. The Bertz CT molecular complexity index is 432. The highest BCUT2D eigenvalue weighted by atomic mass is 28.3. The first kappa shape index (κ1) is 18.6. The predicted octanol–water partition coefficient (Wildman–Crippen LogP) is 4.14. The molecule has 1 rings (SSSR count). The van der Waals surface area contributed by atoms with Crippen molar-refractivity contribution < 1.29 is 4.65 Å². The lowest BCUT2D eigenvalue weighted by molar-refractivity contribution is 0.236. The van der Waals surface area contributed by atoms with Crippen molar-refractivity contribution in [1.29, 1.82) is 0 Å². The van der Waals surface area contributed by atoms with E-state index in [0.717, 1.165) is 19.4 Å². The molecule has 0 bridgehead atoms. The summed E-state index contributed by atoms with van der Waals surface area (Å²) in [5.41, 5.74) is 6.26. The second kappa shape index (κ2) is 7.67. The van der Waals surface area contributed by atoms with Crippen molar-refractivity contribution in [3.63, 3.8) is 0 Å². The Morgan fingerprint density at radius 2 is 1.81 bits per heavy atom. The van der Waals surface area contributed by atoms with Crippen LogP contribution in [0, 0.1) is 11.5 Å². The van der Waals surface area contributed by atoms with E-state index in [2.05, 4.69) is 70.5 Å². The van der Waals surface area contributed by atoms with Gasteiger partial charge in [0.05, 0.1) is 0 Å². The standard InChI is InChI=1S/C17H32BNOSi/c1-9-16(11-13-21(6,7)8)17-10-12-20-18(17)19(14(2)3)15(4)5/h14-15H,9-10,12H2,1-8H3/b17-16+. The first-order valence-electron chi connectivity index (χ1n) is 8.31.